The van der Waals surface area contributed by atoms with Gasteiger partial charge in [0.25, 0.3) is 0 Å². The van der Waals surface area contributed by atoms with Crippen LogP contribution in [0.1, 0.15) is 24.2 Å². The topological polar surface area (TPSA) is 56.2 Å². The molecule has 0 saturated heterocycles. The lowest BCUT2D eigenvalue weighted by atomic mass is 10.1. The molecular formula is C25H24FN3O2. The molecule has 1 amide bonds. The van der Waals surface area contributed by atoms with Crippen LogP contribution in [-0.2, 0) is 11.3 Å². The summed E-state index contributed by atoms with van der Waals surface area (Å²) in [6, 6.07) is 18.9. The van der Waals surface area contributed by atoms with E-state index in [9.17, 15) is 9.18 Å². The smallest absolute Gasteiger partial charge is 0.220 e. The number of hydrogen-bond donors (Lipinski definition) is 1. The van der Waals surface area contributed by atoms with Crippen molar-refractivity contribution in [2.75, 3.05) is 6.61 Å². The molecule has 1 N–H and O–H groups in total. The second kappa shape index (κ2) is 9.43. The summed E-state index contributed by atoms with van der Waals surface area (Å²) in [5.41, 5.74) is 1.15. The highest BCUT2D eigenvalue weighted by atomic mass is 19.1. The van der Waals surface area contributed by atoms with Gasteiger partial charge in [0.1, 0.15) is 17.4 Å². The van der Waals surface area contributed by atoms with E-state index >= 15 is 0 Å². The van der Waals surface area contributed by atoms with Crippen molar-refractivity contribution in [1.29, 1.82) is 0 Å². The summed E-state index contributed by atoms with van der Waals surface area (Å²) >= 11 is 0. The van der Waals surface area contributed by atoms with Gasteiger partial charge in [0.15, 0.2) is 0 Å². The molecule has 4 aromatic rings. The first-order valence-corrected chi connectivity index (χ1v) is 10.3. The van der Waals surface area contributed by atoms with Gasteiger partial charge in [-0.2, -0.15) is 0 Å². The number of nitrogens with one attached hydrogen (secondary N) is 1. The van der Waals surface area contributed by atoms with Crippen LogP contribution < -0.4 is 10.1 Å². The molecule has 0 unspecified atom stereocenters. The van der Waals surface area contributed by atoms with Crippen LogP contribution in [-0.4, -0.2) is 22.1 Å². The number of aromatic nitrogens is 2. The van der Waals surface area contributed by atoms with Crippen LogP contribution in [0.25, 0.3) is 16.5 Å². The Morgan fingerprint density at radius 1 is 1.13 bits per heavy atom. The summed E-state index contributed by atoms with van der Waals surface area (Å²) < 4.78 is 22.0. The molecule has 31 heavy (non-hydrogen) atoms. The second-order valence-corrected chi connectivity index (χ2v) is 7.34. The summed E-state index contributed by atoms with van der Waals surface area (Å²) in [6.07, 6.45) is 4.30. The molecule has 158 valence electrons. The Hall–Kier alpha value is -3.67. The van der Waals surface area contributed by atoms with Crippen molar-refractivity contribution >= 4 is 16.7 Å². The molecule has 4 rings (SSSR count). The number of halogens is 1. The van der Waals surface area contributed by atoms with Crippen molar-refractivity contribution in [2.24, 2.45) is 0 Å². The molecule has 1 aromatic heterocycles. The number of aryl methyl sites for hydroxylation is 1. The highest BCUT2D eigenvalue weighted by Gasteiger charge is 2.09. The van der Waals surface area contributed by atoms with E-state index < -0.39 is 0 Å². The average Bonchev–Trinajstić information content (AvgIpc) is 3.21. The van der Waals surface area contributed by atoms with Crippen LogP contribution in [0.15, 0.2) is 73.1 Å². The fourth-order valence-corrected chi connectivity index (χ4v) is 3.51. The van der Waals surface area contributed by atoms with Gasteiger partial charge in [-0.1, -0.05) is 42.5 Å². The van der Waals surface area contributed by atoms with Gasteiger partial charge in [0.2, 0.25) is 5.91 Å². The number of ether oxygens (including phenoxy) is 1. The zero-order chi connectivity index (χ0) is 21.6. The largest absolute Gasteiger partial charge is 0.493 e. The lowest BCUT2D eigenvalue weighted by Gasteiger charge is -2.11. The van der Waals surface area contributed by atoms with Crippen LogP contribution in [0.5, 0.6) is 5.75 Å². The molecule has 0 saturated carbocycles. The number of nitrogens with zero attached hydrogens (tertiary/aromatic N) is 2. The molecule has 3 aromatic carbocycles. The highest BCUT2D eigenvalue weighted by Crippen LogP contribution is 2.25. The SMILES string of the molecule is Cc1nccn1-c1ccc(CNC(=O)CCCOc2cccc3ccccc23)cc1F. The van der Waals surface area contributed by atoms with Crippen molar-refractivity contribution in [1.82, 2.24) is 14.9 Å². The number of rotatable bonds is 8. The minimum Gasteiger partial charge on any atom is -0.493 e. The molecule has 0 aliphatic carbocycles. The maximum atomic E-state index is 14.5. The molecule has 0 aliphatic heterocycles. The number of imidazole rings is 1. The maximum Gasteiger partial charge on any atom is 0.220 e. The van der Waals surface area contributed by atoms with E-state index in [4.69, 9.17) is 4.74 Å². The molecule has 6 heteroatoms. The summed E-state index contributed by atoms with van der Waals surface area (Å²) in [4.78, 5) is 16.3. The van der Waals surface area contributed by atoms with Gasteiger partial charge < -0.3 is 14.6 Å². The number of carbonyl (C=O) groups is 1. The van der Waals surface area contributed by atoms with Crippen molar-refractivity contribution in [3.63, 3.8) is 0 Å². The first-order valence-electron chi connectivity index (χ1n) is 10.3. The number of benzene rings is 3. The van der Waals surface area contributed by atoms with E-state index in [0.717, 1.165) is 16.5 Å². The van der Waals surface area contributed by atoms with Crippen LogP contribution in [0.3, 0.4) is 0 Å². The first-order chi connectivity index (χ1) is 15.1. The van der Waals surface area contributed by atoms with Crippen LogP contribution in [0.4, 0.5) is 4.39 Å². The van der Waals surface area contributed by atoms with Gasteiger partial charge in [0.05, 0.1) is 12.3 Å². The van der Waals surface area contributed by atoms with Gasteiger partial charge in [-0.05, 0) is 42.5 Å². The Morgan fingerprint density at radius 3 is 2.77 bits per heavy atom. The minimum absolute atomic E-state index is 0.0866. The second-order valence-electron chi connectivity index (χ2n) is 7.34. The quantitative estimate of drug-likeness (QED) is 0.413. The van der Waals surface area contributed by atoms with E-state index in [0.29, 0.717) is 36.5 Å². The highest BCUT2D eigenvalue weighted by molar-refractivity contribution is 5.88. The van der Waals surface area contributed by atoms with Crippen LogP contribution in [0, 0.1) is 12.7 Å². The van der Waals surface area contributed by atoms with E-state index in [1.807, 2.05) is 55.5 Å². The van der Waals surface area contributed by atoms with E-state index in [1.165, 1.54) is 6.07 Å². The normalized spacial score (nSPS) is 10.9. The molecule has 0 fully saturated rings. The first kappa shape index (κ1) is 20.6. The predicted molar refractivity (Wildman–Crippen MR) is 119 cm³/mol. The van der Waals surface area contributed by atoms with Gasteiger partial charge in [-0.3, -0.25) is 4.79 Å². The number of hydrogen-bond acceptors (Lipinski definition) is 3. The Bertz CT molecular complexity index is 1200. The third kappa shape index (κ3) is 4.91. The van der Waals surface area contributed by atoms with Crippen molar-refractivity contribution < 1.29 is 13.9 Å². The van der Waals surface area contributed by atoms with E-state index in [1.54, 1.807) is 23.0 Å². The minimum atomic E-state index is -0.351. The Labute approximate surface area is 180 Å². The van der Waals surface area contributed by atoms with Crippen LogP contribution in [0.2, 0.25) is 0 Å². The van der Waals surface area contributed by atoms with Gasteiger partial charge >= 0.3 is 0 Å². The summed E-state index contributed by atoms with van der Waals surface area (Å²) in [5.74, 6) is 1.10. The molecule has 0 spiro atoms. The van der Waals surface area contributed by atoms with E-state index in [2.05, 4.69) is 10.3 Å². The third-order valence-electron chi connectivity index (χ3n) is 5.14. The number of fused-ring (bicyclic) bond motifs is 1. The molecule has 0 bridgehead atoms. The van der Waals surface area contributed by atoms with Gasteiger partial charge in [-0.25, -0.2) is 9.37 Å². The van der Waals surface area contributed by atoms with E-state index in [-0.39, 0.29) is 18.3 Å². The zero-order valence-corrected chi connectivity index (χ0v) is 17.3. The summed E-state index contributed by atoms with van der Waals surface area (Å²) in [6.45, 7) is 2.55. The van der Waals surface area contributed by atoms with Crippen molar-refractivity contribution in [2.45, 2.75) is 26.3 Å². The molecular weight excluding hydrogens is 393 g/mol. The van der Waals surface area contributed by atoms with Crippen molar-refractivity contribution in [3.05, 3.63) is 90.3 Å². The standard InChI is InChI=1S/C25H24FN3O2/c1-18-27-13-14-29(18)23-12-11-19(16-22(23)26)17-28-25(30)10-5-15-31-24-9-4-7-20-6-2-3-8-21(20)24/h2-4,6-9,11-14,16H,5,10,15,17H2,1H3,(H,28,30). The Kier molecular flexibility index (Phi) is 6.26. The maximum absolute atomic E-state index is 14.5. The average molecular weight is 417 g/mol. The predicted octanol–water partition coefficient (Wildman–Crippen LogP) is 4.95. The molecule has 0 aliphatic rings. The number of carbonyl (C=O) groups excluding carboxylic acids is 1. The zero-order valence-electron chi connectivity index (χ0n) is 17.3. The van der Waals surface area contributed by atoms with Crippen molar-refractivity contribution in [3.8, 4) is 11.4 Å². The molecule has 1 heterocycles. The summed E-state index contributed by atoms with van der Waals surface area (Å²) in [7, 11) is 0. The monoisotopic (exact) mass is 417 g/mol. The Morgan fingerprint density at radius 2 is 1.97 bits per heavy atom. The summed E-state index contributed by atoms with van der Waals surface area (Å²) in [5, 5.41) is 5.02. The van der Waals surface area contributed by atoms with Crippen LogP contribution >= 0.6 is 0 Å². The molecule has 5 nitrogen and oxygen atoms in total. The Balaban J connectivity index is 1.24. The molecule has 0 atom stereocenters. The number of amides is 1. The lowest BCUT2D eigenvalue weighted by molar-refractivity contribution is -0.121. The lowest BCUT2D eigenvalue weighted by Crippen LogP contribution is -2.23. The van der Waals surface area contributed by atoms with Gasteiger partial charge in [-0.15, -0.1) is 0 Å². The van der Waals surface area contributed by atoms with Gasteiger partial charge in [0, 0.05) is 30.7 Å². The fourth-order valence-electron chi connectivity index (χ4n) is 3.51. The fraction of sp³-hybridized carbons (Fsp3) is 0.200. The molecule has 0 radical (unpaired) electrons. The third-order valence-corrected chi connectivity index (χ3v) is 5.14.